The fourth-order valence-electron chi connectivity index (χ4n) is 1.11. The molecule has 17 heavy (non-hydrogen) atoms. The van der Waals surface area contributed by atoms with Crippen LogP contribution in [0.4, 0.5) is 5.69 Å². The van der Waals surface area contributed by atoms with E-state index in [4.69, 9.17) is 11.5 Å². The standard InChI is InChI=1S/C12H11NO4/c1-2-9-4-3-5-10(6-9)13-11(14)7-17-8-12(15)16/h1,3-6H,7-8H2,(H,13,14)(H,15,16). The van der Waals surface area contributed by atoms with Crippen LogP contribution in [0, 0.1) is 12.3 Å². The Morgan fingerprint density at radius 1 is 1.41 bits per heavy atom. The van der Waals surface area contributed by atoms with Crippen molar-refractivity contribution in [3.63, 3.8) is 0 Å². The highest BCUT2D eigenvalue weighted by Gasteiger charge is 2.04. The fourth-order valence-corrected chi connectivity index (χ4v) is 1.11. The third-order valence-electron chi connectivity index (χ3n) is 1.77. The number of carboxylic acid groups (broad SMARTS) is 1. The smallest absolute Gasteiger partial charge is 0.329 e. The van der Waals surface area contributed by atoms with Crippen molar-refractivity contribution in [1.82, 2.24) is 0 Å². The number of rotatable bonds is 5. The number of nitrogens with one attached hydrogen (secondary N) is 1. The first-order valence-electron chi connectivity index (χ1n) is 4.78. The quantitative estimate of drug-likeness (QED) is 0.734. The average molecular weight is 233 g/mol. The number of carbonyl (C=O) groups excluding carboxylic acids is 1. The number of hydrogen-bond donors (Lipinski definition) is 2. The number of aliphatic carboxylic acids is 1. The molecule has 0 unspecified atom stereocenters. The Balaban J connectivity index is 2.45. The highest BCUT2D eigenvalue weighted by molar-refractivity contribution is 5.92. The first-order valence-corrected chi connectivity index (χ1v) is 4.78. The van der Waals surface area contributed by atoms with Crippen LogP contribution in [-0.2, 0) is 14.3 Å². The minimum absolute atomic E-state index is 0.313. The van der Waals surface area contributed by atoms with Crippen LogP contribution in [-0.4, -0.2) is 30.2 Å². The van der Waals surface area contributed by atoms with E-state index >= 15 is 0 Å². The second-order valence-corrected chi connectivity index (χ2v) is 3.16. The zero-order chi connectivity index (χ0) is 12.7. The summed E-state index contributed by atoms with van der Waals surface area (Å²) < 4.78 is 4.63. The van der Waals surface area contributed by atoms with Gasteiger partial charge in [-0.15, -0.1) is 6.42 Å². The van der Waals surface area contributed by atoms with E-state index in [1.807, 2.05) is 0 Å². The number of benzene rings is 1. The molecular weight excluding hydrogens is 222 g/mol. The van der Waals surface area contributed by atoms with Crippen LogP contribution in [0.15, 0.2) is 24.3 Å². The maximum atomic E-state index is 11.3. The molecule has 1 amide bonds. The summed E-state index contributed by atoms with van der Waals surface area (Å²) in [6.45, 7) is -0.815. The number of amides is 1. The van der Waals surface area contributed by atoms with Crippen molar-refractivity contribution in [2.45, 2.75) is 0 Å². The molecule has 0 saturated heterocycles. The maximum Gasteiger partial charge on any atom is 0.329 e. The molecule has 0 aromatic heterocycles. The van der Waals surface area contributed by atoms with Gasteiger partial charge in [0, 0.05) is 11.3 Å². The molecule has 1 rings (SSSR count). The van der Waals surface area contributed by atoms with Crippen LogP contribution in [0.3, 0.4) is 0 Å². The Bertz CT molecular complexity index is 462. The molecule has 0 aliphatic carbocycles. The SMILES string of the molecule is C#Cc1cccc(NC(=O)COCC(=O)O)c1. The number of terminal acetylenes is 1. The van der Waals surface area contributed by atoms with Crippen molar-refractivity contribution in [1.29, 1.82) is 0 Å². The minimum atomic E-state index is -1.12. The summed E-state index contributed by atoms with van der Waals surface area (Å²) in [5, 5.41) is 10.8. The Labute approximate surface area is 98.4 Å². The third-order valence-corrected chi connectivity index (χ3v) is 1.77. The zero-order valence-electron chi connectivity index (χ0n) is 8.97. The van der Waals surface area contributed by atoms with E-state index in [0.29, 0.717) is 11.3 Å². The number of ether oxygens (including phenoxy) is 1. The predicted molar refractivity (Wildman–Crippen MR) is 61.5 cm³/mol. The van der Waals surface area contributed by atoms with E-state index in [1.54, 1.807) is 24.3 Å². The first kappa shape index (κ1) is 12.7. The second kappa shape index (κ2) is 6.30. The van der Waals surface area contributed by atoms with Crippen molar-refractivity contribution in [2.24, 2.45) is 0 Å². The van der Waals surface area contributed by atoms with Gasteiger partial charge >= 0.3 is 5.97 Å². The van der Waals surface area contributed by atoms with E-state index in [1.165, 1.54) is 0 Å². The van der Waals surface area contributed by atoms with Gasteiger partial charge in [0.05, 0.1) is 0 Å². The lowest BCUT2D eigenvalue weighted by Crippen LogP contribution is -2.20. The maximum absolute atomic E-state index is 11.3. The minimum Gasteiger partial charge on any atom is -0.480 e. The summed E-state index contributed by atoms with van der Waals surface area (Å²) in [4.78, 5) is 21.5. The van der Waals surface area contributed by atoms with Gasteiger partial charge in [0.15, 0.2) is 0 Å². The van der Waals surface area contributed by atoms with E-state index in [0.717, 1.165) is 0 Å². The van der Waals surface area contributed by atoms with E-state index in [-0.39, 0.29) is 6.61 Å². The molecule has 0 aliphatic heterocycles. The van der Waals surface area contributed by atoms with E-state index < -0.39 is 18.5 Å². The van der Waals surface area contributed by atoms with Gasteiger partial charge < -0.3 is 15.2 Å². The molecule has 0 fully saturated rings. The largest absolute Gasteiger partial charge is 0.480 e. The zero-order valence-corrected chi connectivity index (χ0v) is 8.97. The highest BCUT2D eigenvalue weighted by atomic mass is 16.5. The average Bonchev–Trinajstić information content (AvgIpc) is 2.28. The number of carboxylic acids is 1. The van der Waals surface area contributed by atoms with Crippen molar-refractivity contribution in [2.75, 3.05) is 18.5 Å². The molecule has 0 saturated carbocycles. The predicted octanol–water partition coefficient (Wildman–Crippen LogP) is 0.708. The van der Waals surface area contributed by atoms with Crippen molar-refractivity contribution >= 4 is 17.6 Å². The van der Waals surface area contributed by atoms with Crippen LogP contribution in [0.1, 0.15) is 5.56 Å². The number of anilines is 1. The van der Waals surface area contributed by atoms with Gasteiger partial charge in [-0.05, 0) is 18.2 Å². The summed E-state index contributed by atoms with van der Waals surface area (Å²) in [5.41, 5.74) is 1.19. The van der Waals surface area contributed by atoms with Gasteiger partial charge in [0.25, 0.3) is 0 Å². The number of hydrogen-bond acceptors (Lipinski definition) is 3. The lowest BCUT2D eigenvalue weighted by atomic mass is 10.2. The van der Waals surface area contributed by atoms with Crippen LogP contribution >= 0.6 is 0 Å². The molecule has 5 heteroatoms. The lowest BCUT2D eigenvalue weighted by Gasteiger charge is -2.05. The normalized spacial score (nSPS) is 9.35. The van der Waals surface area contributed by atoms with Crippen LogP contribution in [0.2, 0.25) is 0 Å². The second-order valence-electron chi connectivity index (χ2n) is 3.16. The van der Waals surface area contributed by atoms with Gasteiger partial charge in [0.2, 0.25) is 5.91 Å². The molecule has 88 valence electrons. The van der Waals surface area contributed by atoms with Crippen molar-refractivity contribution < 1.29 is 19.4 Å². The summed E-state index contributed by atoms with van der Waals surface area (Å²) >= 11 is 0. The summed E-state index contributed by atoms with van der Waals surface area (Å²) in [7, 11) is 0. The summed E-state index contributed by atoms with van der Waals surface area (Å²) in [6.07, 6.45) is 5.21. The molecule has 0 radical (unpaired) electrons. The van der Waals surface area contributed by atoms with Gasteiger partial charge in [-0.3, -0.25) is 4.79 Å². The highest BCUT2D eigenvalue weighted by Crippen LogP contribution is 2.09. The summed E-state index contributed by atoms with van der Waals surface area (Å²) in [5.74, 6) is 0.890. The van der Waals surface area contributed by atoms with Gasteiger partial charge in [-0.1, -0.05) is 12.0 Å². The van der Waals surface area contributed by atoms with E-state index in [9.17, 15) is 9.59 Å². The van der Waals surface area contributed by atoms with E-state index in [2.05, 4.69) is 16.0 Å². The molecular formula is C12H11NO4. The first-order chi connectivity index (χ1) is 8.11. The molecule has 0 atom stereocenters. The van der Waals surface area contributed by atoms with Crippen molar-refractivity contribution in [3.05, 3.63) is 29.8 Å². The third kappa shape index (κ3) is 4.82. The van der Waals surface area contributed by atoms with Crippen LogP contribution in [0.5, 0.6) is 0 Å². The van der Waals surface area contributed by atoms with Gasteiger partial charge in [-0.25, -0.2) is 4.79 Å². The van der Waals surface area contributed by atoms with Crippen molar-refractivity contribution in [3.8, 4) is 12.3 Å². The topological polar surface area (TPSA) is 75.6 Å². The molecule has 2 N–H and O–H groups in total. The monoisotopic (exact) mass is 233 g/mol. The van der Waals surface area contributed by atoms with Gasteiger partial charge in [-0.2, -0.15) is 0 Å². The molecule has 0 heterocycles. The Hall–Kier alpha value is -2.32. The number of carbonyl (C=O) groups is 2. The Kier molecular flexibility index (Phi) is 4.73. The molecule has 0 spiro atoms. The fraction of sp³-hybridized carbons (Fsp3) is 0.167. The van der Waals surface area contributed by atoms with Crippen LogP contribution < -0.4 is 5.32 Å². The molecule has 1 aromatic carbocycles. The molecule has 5 nitrogen and oxygen atoms in total. The molecule has 0 aliphatic rings. The Morgan fingerprint density at radius 3 is 2.82 bits per heavy atom. The molecule has 1 aromatic rings. The summed E-state index contributed by atoms with van der Waals surface area (Å²) in [6, 6.07) is 6.75. The molecule has 0 bridgehead atoms. The lowest BCUT2D eigenvalue weighted by molar-refractivity contribution is -0.143. The Morgan fingerprint density at radius 2 is 2.18 bits per heavy atom. The van der Waals surface area contributed by atoms with Gasteiger partial charge in [0.1, 0.15) is 13.2 Å². The van der Waals surface area contributed by atoms with Crippen LogP contribution in [0.25, 0.3) is 0 Å².